The molecule has 0 atom stereocenters. The minimum absolute atomic E-state index is 0.0303. The highest BCUT2D eigenvalue weighted by Crippen LogP contribution is 2.23. The molecule has 0 radical (unpaired) electrons. The highest BCUT2D eigenvalue weighted by Gasteiger charge is 2.38. The van der Waals surface area contributed by atoms with Gasteiger partial charge in [-0.1, -0.05) is 0 Å². The van der Waals surface area contributed by atoms with Gasteiger partial charge < -0.3 is 5.32 Å². The molecule has 3 rings (SSSR count). The van der Waals surface area contributed by atoms with Crippen LogP contribution in [0.25, 0.3) is 11.3 Å². The van der Waals surface area contributed by atoms with Gasteiger partial charge in [-0.15, -0.1) is 0 Å². The lowest BCUT2D eigenvalue weighted by atomic mass is 10.3. The van der Waals surface area contributed by atoms with E-state index in [1.807, 2.05) is 5.43 Å². The number of alkyl halides is 3. The van der Waals surface area contributed by atoms with Crippen LogP contribution in [0, 0.1) is 5.82 Å². The van der Waals surface area contributed by atoms with Crippen molar-refractivity contribution < 1.29 is 27.0 Å². The molecule has 0 spiro atoms. The quantitative estimate of drug-likeness (QED) is 0.479. The van der Waals surface area contributed by atoms with E-state index in [9.17, 15) is 22.4 Å². The maximum Gasteiger partial charge on any atom is 0.472 e. The van der Waals surface area contributed by atoms with E-state index in [-0.39, 0.29) is 22.9 Å². The van der Waals surface area contributed by atoms with Gasteiger partial charge >= 0.3 is 12.1 Å². The Morgan fingerprint density at radius 1 is 1.00 bits per heavy atom. The molecule has 1 aromatic carbocycles. The lowest BCUT2D eigenvalue weighted by Crippen LogP contribution is -2.40. The second kappa shape index (κ2) is 6.18. The Morgan fingerprint density at radius 3 is 2.20 bits per heavy atom. The molecule has 13 heteroatoms. The normalized spacial score (nSPS) is 11.4. The van der Waals surface area contributed by atoms with Crippen molar-refractivity contribution in [2.24, 2.45) is 0 Å². The van der Waals surface area contributed by atoms with Crippen LogP contribution >= 0.6 is 0 Å². The van der Waals surface area contributed by atoms with Gasteiger partial charge in [0, 0.05) is 5.69 Å². The van der Waals surface area contributed by atoms with E-state index in [1.54, 1.807) is 0 Å². The first kappa shape index (κ1) is 16.4. The Morgan fingerprint density at radius 2 is 1.60 bits per heavy atom. The Kier molecular flexibility index (Phi) is 4.04. The third kappa shape index (κ3) is 3.70. The molecule has 0 aliphatic heterocycles. The predicted octanol–water partition coefficient (Wildman–Crippen LogP) is 1.90. The van der Waals surface area contributed by atoms with E-state index < -0.39 is 17.9 Å². The zero-order valence-electron chi connectivity index (χ0n) is 11.9. The molecule has 0 saturated heterocycles. The number of carbonyl (C=O) groups is 1. The molecule has 130 valence electrons. The molecule has 25 heavy (non-hydrogen) atoms. The smallest absolute Gasteiger partial charge is 0.337 e. The summed E-state index contributed by atoms with van der Waals surface area (Å²) in [6.07, 6.45) is -5.09. The number of halogens is 4. The van der Waals surface area contributed by atoms with E-state index in [4.69, 9.17) is 0 Å². The molecular formula is C12H7F4N7O2. The first-order valence-corrected chi connectivity index (χ1v) is 6.49. The van der Waals surface area contributed by atoms with Crippen LogP contribution in [-0.2, 0) is 4.79 Å². The molecule has 3 N–H and O–H groups in total. The number of fused-ring (bicyclic) bond motifs is 1. The van der Waals surface area contributed by atoms with Gasteiger partial charge in [0.25, 0.3) is 0 Å². The van der Waals surface area contributed by atoms with E-state index in [0.29, 0.717) is 5.69 Å². The minimum atomic E-state index is -5.09. The van der Waals surface area contributed by atoms with E-state index in [0.717, 1.165) is 12.1 Å². The van der Waals surface area contributed by atoms with Crippen molar-refractivity contribution in [3.63, 3.8) is 0 Å². The van der Waals surface area contributed by atoms with E-state index >= 15 is 0 Å². The maximum atomic E-state index is 12.9. The second-order valence-electron chi connectivity index (χ2n) is 4.54. The van der Waals surface area contributed by atoms with Gasteiger partial charge in [-0.3, -0.25) is 15.6 Å². The molecule has 2 aromatic heterocycles. The van der Waals surface area contributed by atoms with Crippen molar-refractivity contribution in [1.29, 1.82) is 0 Å². The lowest BCUT2D eigenvalue weighted by Gasteiger charge is -2.13. The number of hydrogen-bond donors (Lipinski definition) is 3. The van der Waals surface area contributed by atoms with Crippen LogP contribution in [0.2, 0.25) is 0 Å². The SMILES string of the molecule is O=C(NNc1nc2nonc2nc1Nc1ccc(F)cc1)C(F)(F)F. The van der Waals surface area contributed by atoms with Crippen LogP contribution in [-0.4, -0.2) is 32.4 Å². The number of nitrogens with zero attached hydrogens (tertiary/aromatic N) is 4. The fraction of sp³-hybridized carbons (Fsp3) is 0.0833. The summed E-state index contributed by atoms with van der Waals surface area (Å²) in [4.78, 5) is 18.7. The summed E-state index contributed by atoms with van der Waals surface area (Å²) in [6.45, 7) is 0. The summed E-state index contributed by atoms with van der Waals surface area (Å²) in [5.41, 5.74) is 3.65. The molecule has 0 bridgehead atoms. The Labute approximate surface area is 135 Å². The maximum absolute atomic E-state index is 12.9. The Bertz CT molecular complexity index is 910. The lowest BCUT2D eigenvalue weighted by molar-refractivity contribution is -0.173. The van der Waals surface area contributed by atoms with E-state index in [2.05, 4.69) is 30.2 Å². The Balaban J connectivity index is 1.89. The Hall–Kier alpha value is -3.51. The number of rotatable bonds is 4. The summed E-state index contributed by atoms with van der Waals surface area (Å²) >= 11 is 0. The first-order valence-electron chi connectivity index (χ1n) is 6.49. The average Bonchev–Trinajstić information content (AvgIpc) is 3.00. The van der Waals surface area contributed by atoms with Gasteiger partial charge in [0.15, 0.2) is 11.6 Å². The molecule has 0 saturated carbocycles. The van der Waals surface area contributed by atoms with Crippen molar-refractivity contribution in [1.82, 2.24) is 25.7 Å². The van der Waals surface area contributed by atoms with Crippen molar-refractivity contribution in [3.8, 4) is 0 Å². The third-order valence-corrected chi connectivity index (χ3v) is 2.77. The predicted molar refractivity (Wildman–Crippen MR) is 74.9 cm³/mol. The monoisotopic (exact) mass is 357 g/mol. The zero-order valence-corrected chi connectivity index (χ0v) is 11.9. The van der Waals surface area contributed by atoms with Gasteiger partial charge in [0.2, 0.25) is 11.3 Å². The number of carbonyl (C=O) groups excluding carboxylic acids is 1. The van der Waals surface area contributed by atoms with Gasteiger partial charge in [-0.25, -0.2) is 14.0 Å². The van der Waals surface area contributed by atoms with Gasteiger partial charge in [-0.05, 0) is 34.6 Å². The minimum Gasteiger partial charge on any atom is -0.337 e. The summed E-state index contributed by atoms with van der Waals surface area (Å²) in [6, 6.07) is 5.04. The molecule has 1 amide bonds. The molecular weight excluding hydrogens is 350 g/mol. The van der Waals surface area contributed by atoms with E-state index in [1.165, 1.54) is 17.6 Å². The first-order chi connectivity index (χ1) is 11.8. The average molecular weight is 357 g/mol. The number of aromatic nitrogens is 4. The van der Waals surface area contributed by atoms with Crippen molar-refractivity contribution in [2.45, 2.75) is 6.18 Å². The molecule has 9 nitrogen and oxygen atoms in total. The van der Waals surface area contributed by atoms with Crippen LogP contribution in [0.15, 0.2) is 28.9 Å². The summed E-state index contributed by atoms with van der Waals surface area (Å²) in [5, 5.41) is 9.56. The second-order valence-corrected chi connectivity index (χ2v) is 4.54. The van der Waals surface area contributed by atoms with Crippen LogP contribution in [0.1, 0.15) is 0 Å². The number of amides is 1. The molecule has 0 fully saturated rings. The zero-order chi connectivity index (χ0) is 18.0. The fourth-order valence-corrected chi connectivity index (χ4v) is 1.67. The highest BCUT2D eigenvalue weighted by molar-refractivity contribution is 5.84. The summed E-state index contributed by atoms with van der Waals surface area (Å²) in [5.74, 6) is -3.11. The molecule has 0 unspecified atom stereocenters. The fourth-order valence-electron chi connectivity index (χ4n) is 1.67. The van der Waals surface area contributed by atoms with Gasteiger partial charge in [0.1, 0.15) is 5.82 Å². The number of hydrazine groups is 1. The van der Waals surface area contributed by atoms with Gasteiger partial charge in [0.05, 0.1) is 0 Å². The third-order valence-electron chi connectivity index (χ3n) is 2.77. The number of nitrogens with one attached hydrogen (secondary N) is 3. The van der Waals surface area contributed by atoms with Crippen LogP contribution in [0.3, 0.4) is 0 Å². The molecule has 0 aliphatic rings. The van der Waals surface area contributed by atoms with Crippen LogP contribution in [0.4, 0.5) is 34.9 Å². The summed E-state index contributed by atoms with van der Waals surface area (Å²) in [7, 11) is 0. The highest BCUT2D eigenvalue weighted by atomic mass is 19.4. The topological polar surface area (TPSA) is 118 Å². The van der Waals surface area contributed by atoms with Crippen molar-refractivity contribution in [3.05, 3.63) is 30.1 Å². The van der Waals surface area contributed by atoms with Crippen LogP contribution < -0.4 is 16.2 Å². The number of hydrogen-bond acceptors (Lipinski definition) is 8. The molecule has 3 aromatic rings. The van der Waals surface area contributed by atoms with Crippen molar-refractivity contribution >= 4 is 34.5 Å². The standard InChI is InChI=1S/C12H7F4N7O2/c13-5-1-3-6(4-2-5)17-7-8(20-21-11(24)12(14,15)16)19-10-9(18-7)22-25-23-10/h1-4H,(H,21,24)(H,17,18,22)(H,19,20,23). The van der Waals surface area contributed by atoms with Crippen molar-refractivity contribution in [2.75, 3.05) is 10.7 Å². The molecule has 2 heterocycles. The van der Waals surface area contributed by atoms with Crippen LogP contribution in [0.5, 0.6) is 0 Å². The molecule has 0 aliphatic carbocycles. The number of benzene rings is 1. The van der Waals surface area contributed by atoms with Gasteiger partial charge in [-0.2, -0.15) is 18.2 Å². The largest absolute Gasteiger partial charge is 0.472 e. The number of anilines is 3. The summed E-state index contributed by atoms with van der Waals surface area (Å²) < 4.78 is 54.2.